The summed E-state index contributed by atoms with van der Waals surface area (Å²) in [6.45, 7) is -0.0584. The van der Waals surface area contributed by atoms with E-state index in [0.717, 1.165) is 0 Å². The van der Waals surface area contributed by atoms with E-state index in [9.17, 15) is 18.0 Å². The molecular formula is C12H14N4O4S. The summed E-state index contributed by atoms with van der Waals surface area (Å²) in [5.74, 6) is -0.787. The van der Waals surface area contributed by atoms with E-state index in [0.29, 0.717) is 10.8 Å². The maximum Gasteiger partial charge on any atom is 0.272 e. The van der Waals surface area contributed by atoms with Gasteiger partial charge in [0, 0.05) is 11.9 Å². The van der Waals surface area contributed by atoms with Crippen LogP contribution in [0.2, 0.25) is 0 Å². The predicted molar refractivity (Wildman–Crippen MR) is 77.5 cm³/mol. The Morgan fingerprint density at radius 3 is 2.62 bits per heavy atom. The topological polar surface area (TPSA) is 121 Å². The maximum absolute atomic E-state index is 12.0. The summed E-state index contributed by atoms with van der Waals surface area (Å²) in [6.07, 6.45) is 0. The zero-order valence-corrected chi connectivity index (χ0v) is 12.0. The van der Waals surface area contributed by atoms with Crippen molar-refractivity contribution in [3.05, 3.63) is 40.3 Å². The number of hydrogen-bond acceptors (Lipinski definition) is 5. The van der Waals surface area contributed by atoms with E-state index in [-0.39, 0.29) is 23.6 Å². The van der Waals surface area contributed by atoms with Crippen molar-refractivity contribution in [3.8, 4) is 0 Å². The standard InChI is InChI=1S/C12H14N4O4S/c1-13-21(19,20)7-6-14-12(18)10-8-4-2-3-5-9(8)11(17)16-15-10/h2-5,13H,6-7H2,1H3,(H,14,18)(H,16,17). The molecule has 0 radical (unpaired) electrons. The molecule has 1 heterocycles. The fraction of sp³-hybridized carbons (Fsp3) is 0.250. The Morgan fingerprint density at radius 2 is 1.95 bits per heavy atom. The minimum absolute atomic E-state index is 0.0482. The van der Waals surface area contributed by atoms with Crippen molar-refractivity contribution >= 4 is 26.7 Å². The van der Waals surface area contributed by atoms with E-state index in [2.05, 4.69) is 20.2 Å². The lowest BCUT2D eigenvalue weighted by Gasteiger charge is -2.06. The molecule has 1 aromatic carbocycles. The normalized spacial score (nSPS) is 11.5. The Bertz CT molecular complexity index is 829. The van der Waals surface area contributed by atoms with Crippen LogP contribution in [-0.4, -0.2) is 43.9 Å². The van der Waals surface area contributed by atoms with E-state index in [1.807, 2.05) is 0 Å². The molecule has 21 heavy (non-hydrogen) atoms. The fourth-order valence-electron chi connectivity index (χ4n) is 1.77. The third-order valence-corrected chi connectivity index (χ3v) is 4.24. The molecule has 0 saturated carbocycles. The molecule has 8 nitrogen and oxygen atoms in total. The number of nitrogens with one attached hydrogen (secondary N) is 3. The van der Waals surface area contributed by atoms with Gasteiger partial charge in [0.05, 0.1) is 11.1 Å². The van der Waals surface area contributed by atoms with Crippen molar-refractivity contribution in [2.45, 2.75) is 0 Å². The average Bonchev–Trinajstić information content (AvgIpc) is 2.47. The highest BCUT2D eigenvalue weighted by Gasteiger charge is 2.14. The second-order valence-corrected chi connectivity index (χ2v) is 6.27. The number of fused-ring (bicyclic) bond motifs is 1. The maximum atomic E-state index is 12.0. The third kappa shape index (κ3) is 3.44. The van der Waals surface area contributed by atoms with Crippen LogP contribution in [0.4, 0.5) is 0 Å². The van der Waals surface area contributed by atoms with Crippen LogP contribution in [0.15, 0.2) is 29.1 Å². The molecule has 0 bridgehead atoms. The molecule has 0 aliphatic heterocycles. The molecule has 0 spiro atoms. The molecule has 1 aromatic heterocycles. The number of carbonyl (C=O) groups is 1. The average molecular weight is 310 g/mol. The quantitative estimate of drug-likeness (QED) is 0.668. The smallest absolute Gasteiger partial charge is 0.272 e. The molecule has 112 valence electrons. The number of aromatic amines is 1. The van der Waals surface area contributed by atoms with Gasteiger partial charge in [-0.05, 0) is 13.1 Å². The van der Waals surface area contributed by atoms with Gasteiger partial charge in [0.15, 0.2) is 5.69 Å². The minimum Gasteiger partial charge on any atom is -0.350 e. The molecule has 0 aliphatic carbocycles. The van der Waals surface area contributed by atoms with Gasteiger partial charge in [0.1, 0.15) is 0 Å². The Labute approximate surface area is 120 Å². The molecule has 9 heteroatoms. The van der Waals surface area contributed by atoms with Gasteiger partial charge in [-0.1, -0.05) is 18.2 Å². The Kier molecular flexibility index (Phi) is 4.34. The zero-order chi connectivity index (χ0) is 15.5. The highest BCUT2D eigenvalue weighted by Crippen LogP contribution is 2.11. The van der Waals surface area contributed by atoms with Crippen molar-refractivity contribution in [1.29, 1.82) is 0 Å². The lowest BCUT2D eigenvalue weighted by molar-refractivity contribution is 0.0952. The van der Waals surface area contributed by atoms with E-state index < -0.39 is 15.9 Å². The van der Waals surface area contributed by atoms with Gasteiger partial charge in [0.2, 0.25) is 10.0 Å². The number of nitrogens with zero attached hydrogens (tertiary/aromatic N) is 1. The van der Waals surface area contributed by atoms with Crippen LogP contribution in [0.3, 0.4) is 0 Å². The summed E-state index contributed by atoms with van der Waals surface area (Å²) in [5, 5.41) is 9.19. The Balaban J connectivity index is 2.21. The second-order valence-electron chi connectivity index (χ2n) is 4.23. The first-order valence-electron chi connectivity index (χ1n) is 6.11. The third-order valence-electron chi connectivity index (χ3n) is 2.88. The van der Waals surface area contributed by atoms with Crippen LogP contribution in [0.1, 0.15) is 10.5 Å². The van der Waals surface area contributed by atoms with Crippen LogP contribution in [-0.2, 0) is 10.0 Å². The molecule has 2 rings (SSSR count). The van der Waals surface area contributed by atoms with Crippen LogP contribution < -0.4 is 15.6 Å². The summed E-state index contributed by atoms with van der Waals surface area (Å²) < 4.78 is 24.6. The number of carbonyl (C=O) groups excluding carboxylic acids is 1. The number of hydrogen-bond donors (Lipinski definition) is 3. The monoisotopic (exact) mass is 310 g/mol. The van der Waals surface area contributed by atoms with Crippen molar-refractivity contribution < 1.29 is 13.2 Å². The molecule has 0 saturated heterocycles. The molecular weight excluding hydrogens is 296 g/mol. The molecule has 0 fully saturated rings. The molecule has 0 aliphatic rings. The molecule has 3 N–H and O–H groups in total. The number of sulfonamides is 1. The molecule has 2 aromatic rings. The summed E-state index contributed by atoms with van der Waals surface area (Å²) in [5.41, 5.74) is -0.341. The first kappa shape index (κ1) is 15.1. The lowest BCUT2D eigenvalue weighted by atomic mass is 10.1. The highest BCUT2D eigenvalue weighted by atomic mass is 32.2. The Hall–Kier alpha value is -2.26. The number of rotatable bonds is 5. The molecule has 0 unspecified atom stereocenters. The van der Waals surface area contributed by atoms with E-state index >= 15 is 0 Å². The number of benzene rings is 1. The lowest BCUT2D eigenvalue weighted by Crippen LogP contribution is -2.33. The largest absolute Gasteiger partial charge is 0.350 e. The number of aromatic nitrogens is 2. The van der Waals surface area contributed by atoms with Crippen molar-refractivity contribution in [2.75, 3.05) is 19.3 Å². The van der Waals surface area contributed by atoms with Gasteiger partial charge in [-0.15, -0.1) is 0 Å². The summed E-state index contributed by atoms with van der Waals surface area (Å²) in [4.78, 5) is 23.6. The summed E-state index contributed by atoms with van der Waals surface area (Å²) in [6, 6.07) is 6.55. The van der Waals surface area contributed by atoms with Crippen LogP contribution in [0, 0.1) is 0 Å². The summed E-state index contributed by atoms with van der Waals surface area (Å²) in [7, 11) is -2.09. The van der Waals surface area contributed by atoms with Crippen molar-refractivity contribution in [3.63, 3.8) is 0 Å². The molecule has 0 atom stereocenters. The number of amides is 1. The van der Waals surface area contributed by atoms with Crippen LogP contribution >= 0.6 is 0 Å². The second kappa shape index (κ2) is 6.02. The van der Waals surface area contributed by atoms with Gasteiger partial charge in [-0.2, -0.15) is 5.10 Å². The van der Waals surface area contributed by atoms with Crippen LogP contribution in [0.5, 0.6) is 0 Å². The van der Waals surface area contributed by atoms with Crippen molar-refractivity contribution in [2.24, 2.45) is 0 Å². The van der Waals surface area contributed by atoms with Crippen LogP contribution in [0.25, 0.3) is 10.8 Å². The number of H-pyrrole nitrogens is 1. The first-order chi connectivity index (χ1) is 9.94. The minimum atomic E-state index is -3.39. The van der Waals surface area contributed by atoms with Gasteiger partial charge in [-0.3, -0.25) is 9.59 Å². The van der Waals surface area contributed by atoms with Gasteiger partial charge in [0.25, 0.3) is 11.5 Å². The van der Waals surface area contributed by atoms with Gasteiger partial charge >= 0.3 is 0 Å². The summed E-state index contributed by atoms with van der Waals surface area (Å²) >= 11 is 0. The highest BCUT2D eigenvalue weighted by molar-refractivity contribution is 7.89. The predicted octanol–water partition coefficient (Wildman–Crippen LogP) is -0.798. The van der Waals surface area contributed by atoms with E-state index in [1.165, 1.54) is 7.05 Å². The zero-order valence-electron chi connectivity index (χ0n) is 11.2. The Morgan fingerprint density at radius 1 is 1.29 bits per heavy atom. The SMILES string of the molecule is CNS(=O)(=O)CCNC(=O)c1n[nH]c(=O)c2ccccc12. The first-order valence-corrected chi connectivity index (χ1v) is 7.76. The molecule has 1 amide bonds. The van der Waals surface area contributed by atoms with E-state index in [4.69, 9.17) is 0 Å². The van der Waals surface area contributed by atoms with Gasteiger partial charge in [-0.25, -0.2) is 18.2 Å². The van der Waals surface area contributed by atoms with Gasteiger partial charge < -0.3 is 5.32 Å². The van der Waals surface area contributed by atoms with E-state index in [1.54, 1.807) is 24.3 Å². The van der Waals surface area contributed by atoms with Crippen molar-refractivity contribution in [1.82, 2.24) is 20.2 Å². The fourth-order valence-corrected chi connectivity index (χ4v) is 2.35.